The first-order chi connectivity index (χ1) is 10.8. The van der Waals surface area contributed by atoms with Crippen molar-refractivity contribution in [2.75, 3.05) is 0 Å². The van der Waals surface area contributed by atoms with Gasteiger partial charge in [-0.25, -0.2) is 0 Å². The lowest BCUT2D eigenvalue weighted by molar-refractivity contribution is 0.498. The van der Waals surface area contributed by atoms with Crippen LogP contribution in [-0.2, 0) is 0 Å². The Hall–Kier alpha value is -2.31. The van der Waals surface area contributed by atoms with Crippen LogP contribution in [0.5, 0.6) is 11.5 Å². The van der Waals surface area contributed by atoms with Gasteiger partial charge in [0.2, 0.25) is 0 Å². The SMILES string of the molecule is Cc1ccccc1OP1Oc2ccccc2-c2ccccc21. The average Bonchev–Trinajstić information content (AvgIpc) is 2.57. The molecule has 4 rings (SSSR count). The Morgan fingerprint density at radius 1 is 0.773 bits per heavy atom. The van der Waals surface area contributed by atoms with Gasteiger partial charge in [-0.2, -0.15) is 0 Å². The second-order valence-electron chi connectivity index (χ2n) is 5.22. The molecule has 3 aromatic carbocycles. The van der Waals surface area contributed by atoms with Gasteiger partial charge in [-0.3, -0.25) is 0 Å². The zero-order chi connectivity index (χ0) is 14.9. The van der Waals surface area contributed by atoms with Crippen LogP contribution in [-0.4, -0.2) is 0 Å². The van der Waals surface area contributed by atoms with Crippen LogP contribution >= 0.6 is 8.38 Å². The number of para-hydroxylation sites is 2. The van der Waals surface area contributed by atoms with E-state index < -0.39 is 8.38 Å². The molecule has 0 aliphatic carbocycles. The third-order valence-electron chi connectivity index (χ3n) is 3.73. The molecule has 0 aromatic heterocycles. The summed E-state index contributed by atoms with van der Waals surface area (Å²) in [6, 6.07) is 24.5. The van der Waals surface area contributed by atoms with Gasteiger partial charge in [0.05, 0.1) is 5.30 Å². The molecular formula is C19H15O2P. The molecule has 1 aliphatic rings. The molecule has 0 amide bonds. The topological polar surface area (TPSA) is 18.5 Å². The van der Waals surface area contributed by atoms with Crippen LogP contribution in [0, 0.1) is 6.92 Å². The molecule has 3 aromatic rings. The molecule has 0 bridgehead atoms. The lowest BCUT2D eigenvalue weighted by atomic mass is 10.0. The third-order valence-corrected chi connectivity index (χ3v) is 5.24. The highest BCUT2D eigenvalue weighted by Crippen LogP contribution is 2.49. The minimum absolute atomic E-state index is 0.878. The van der Waals surface area contributed by atoms with E-state index in [-0.39, 0.29) is 0 Å². The minimum atomic E-state index is -1.17. The summed E-state index contributed by atoms with van der Waals surface area (Å²) in [4.78, 5) is 0. The Kier molecular flexibility index (Phi) is 3.32. The molecule has 0 N–H and O–H groups in total. The van der Waals surface area contributed by atoms with Crippen molar-refractivity contribution in [2.45, 2.75) is 6.92 Å². The molecule has 0 saturated heterocycles. The van der Waals surface area contributed by atoms with E-state index in [1.54, 1.807) is 0 Å². The maximum absolute atomic E-state index is 6.21. The number of aryl methyl sites for hydroxylation is 1. The molecule has 1 aliphatic heterocycles. The Labute approximate surface area is 131 Å². The lowest BCUT2D eigenvalue weighted by Gasteiger charge is -2.27. The van der Waals surface area contributed by atoms with E-state index in [1.807, 2.05) is 42.5 Å². The Morgan fingerprint density at radius 2 is 1.45 bits per heavy atom. The maximum Gasteiger partial charge on any atom is 0.326 e. The lowest BCUT2D eigenvalue weighted by Crippen LogP contribution is -2.17. The average molecular weight is 306 g/mol. The summed E-state index contributed by atoms with van der Waals surface area (Å²) in [7, 11) is -1.17. The van der Waals surface area contributed by atoms with E-state index in [1.165, 1.54) is 5.56 Å². The summed E-state index contributed by atoms with van der Waals surface area (Å²) in [6.45, 7) is 2.05. The molecule has 1 atom stereocenters. The molecule has 3 heteroatoms. The maximum atomic E-state index is 6.21. The van der Waals surface area contributed by atoms with E-state index in [0.29, 0.717) is 0 Å². The molecule has 1 heterocycles. The van der Waals surface area contributed by atoms with Crippen molar-refractivity contribution >= 4 is 13.7 Å². The second-order valence-corrected chi connectivity index (χ2v) is 6.58. The van der Waals surface area contributed by atoms with Gasteiger partial charge in [0.25, 0.3) is 0 Å². The number of rotatable bonds is 2. The van der Waals surface area contributed by atoms with Crippen LogP contribution in [0.15, 0.2) is 72.8 Å². The summed E-state index contributed by atoms with van der Waals surface area (Å²) in [6.07, 6.45) is 0. The molecular weight excluding hydrogens is 291 g/mol. The Balaban J connectivity index is 1.78. The van der Waals surface area contributed by atoms with Gasteiger partial charge < -0.3 is 9.05 Å². The van der Waals surface area contributed by atoms with Gasteiger partial charge in [-0.15, -0.1) is 0 Å². The van der Waals surface area contributed by atoms with Crippen molar-refractivity contribution in [2.24, 2.45) is 0 Å². The quantitative estimate of drug-likeness (QED) is 0.615. The van der Waals surface area contributed by atoms with Crippen molar-refractivity contribution in [1.29, 1.82) is 0 Å². The van der Waals surface area contributed by atoms with Crippen LogP contribution in [0.2, 0.25) is 0 Å². The summed E-state index contributed by atoms with van der Waals surface area (Å²) in [5.74, 6) is 1.77. The van der Waals surface area contributed by atoms with Crippen molar-refractivity contribution < 1.29 is 9.05 Å². The third kappa shape index (κ3) is 2.26. The molecule has 22 heavy (non-hydrogen) atoms. The van der Waals surface area contributed by atoms with Gasteiger partial charge >= 0.3 is 8.38 Å². The van der Waals surface area contributed by atoms with Crippen LogP contribution in [0.25, 0.3) is 11.1 Å². The van der Waals surface area contributed by atoms with E-state index in [4.69, 9.17) is 9.05 Å². The summed E-state index contributed by atoms with van der Waals surface area (Å²) >= 11 is 0. The fourth-order valence-corrected chi connectivity index (χ4v) is 4.14. The predicted octanol–water partition coefficient (Wildman–Crippen LogP) is 5.07. The first-order valence-electron chi connectivity index (χ1n) is 7.23. The smallest absolute Gasteiger partial charge is 0.326 e. The summed E-state index contributed by atoms with van der Waals surface area (Å²) < 4.78 is 12.4. The van der Waals surface area contributed by atoms with E-state index in [9.17, 15) is 0 Å². The fraction of sp³-hybridized carbons (Fsp3) is 0.0526. The van der Waals surface area contributed by atoms with E-state index in [2.05, 4.69) is 37.3 Å². The van der Waals surface area contributed by atoms with Crippen LogP contribution in [0.1, 0.15) is 5.56 Å². The van der Waals surface area contributed by atoms with Crippen molar-refractivity contribution in [3.05, 3.63) is 78.4 Å². The number of fused-ring (bicyclic) bond motifs is 3. The molecule has 0 fully saturated rings. The van der Waals surface area contributed by atoms with Crippen molar-refractivity contribution in [1.82, 2.24) is 0 Å². The number of hydrogen-bond acceptors (Lipinski definition) is 2. The normalized spacial score (nSPS) is 15.4. The number of benzene rings is 3. The van der Waals surface area contributed by atoms with E-state index >= 15 is 0 Å². The summed E-state index contributed by atoms with van der Waals surface area (Å²) in [5.41, 5.74) is 3.44. The monoisotopic (exact) mass is 306 g/mol. The minimum Gasteiger partial charge on any atom is -0.435 e. The van der Waals surface area contributed by atoms with Crippen LogP contribution in [0.3, 0.4) is 0 Å². The largest absolute Gasteiger partial charge is 0.435 e. The highest BCUT2D eigenvalue weighted by molar-refractivity contribution is 7.57. The highest BCUT2D eigenvalue weighted by atomic mass is 31.2. The van der Waals surface area contributed by atoms with Gasteiger partial charge in [0.15, 0.2) is 0 Å². The molecule has 0 spiro atoms. The first-order valence-corrected chi connectivity index (χ1v) is 8.41. The van der Waals surface area contributed by atoms with Crippen LogP contribution < -0.4 is 14.4 Å². The number of hydrogen-bond donors (Lipinski definition) is 0. The van der Waals surface area contributed by atoms with Gasteiger partial charge in [-0.05, 0) is 36.2 Å². The molecule has 1 unspecified atom stereocenters. The van der Waals surface area contributed by atoms with Crippen molar-refractivity contribution in [3.8, 4) is 22.6 Å². The fourth-order valence-electron chi connectivity index (χ4n) is 2.58. The highest BCUT2D eigenvalue weighted by Gasteiger charge is 2.29. The molecule has 0 saturated carbocycles. The molecule has 0 radical (unpaired) electrons. The van der Waals surface area contributed by atoms with Crippen LogP contribution in [0.4, 0.5) is 0 Å². The molecule has 2 nitrogen and oxygen atoms in total. The van der Waals surface area contributed by atoms with Gasteiger partial charge in [0.1, 0.15) is 11.5 Å². The summed E-state index contributed by atoms with van der Waals surface area (Å²) in [5, 5.41) is 1.12. The Bertz CT molecular complexity index is 829. The zero-order valence-electron chi connectivity index (χ0n) is 12.2. The zero-order valence-corrected chi connectivity index (χ0v) is 13.1. The Morgan fingerprint density at radius 3 is 2.32 bits per heavy atom. The predicted molar refractivity (Wildman–Crippen MR) is 90.9 cm³/mol. The van der Waals surface area contributed by atoms with E-state index in [0.717, 1.165) is 27.9 Å². The first kappa shape index (κ1) is 13.4. The second kappa shape index (κ2) is 5.47. The van der Waals surface area contributed by atoms with Gasteiger partial charge in [0, 0.05) is 5.56 Å². The van der Waals surface area contributed by atoms with Gasteiger partial charge in [-0.1, -0.05) is 54.6 Å². The standard InChI is InChI=1S/C19H15O2P/c1-14-8-2-5-11-17(14)20-22-19-13-7-4-10-16(19)15-9-3-6-12-18(15)21-22/h2-13H,1H3. The molecule has 108 valence electrons. The van der Waals surface area contributed by atoms with Crippen molar-refractivity contribution in [3.63, 3.8) is 0 Å².